The lowest BCUT2D eigenvalue weighted by molar-refractivity contribution is -0.120. The second-order valence-corrected chi connectivity index (χ2v) is 7.99. The van der Waals surface area contributed by atoms with Crippen LogP contribution in [-0.2, 0) is 4.79 Å². The highest BCUT2D eigenvalue weighted by Crippen LogP contribution is 2.24. The Labute approximate surface area is 159 Å². The van der Waals surface area contributed by atoms with Crippen LogP contribution in [0.5, 0.6) is 0 Å². The summed E-state index contributed by atoms with van der Waals surface area (Å²) in [5.74, 6) is -0.130. The number of amides is 1. The molecule has 2 aromatic carbocycles. The van der Waals surface area contributed by atoms with Crippen LogP contribution < -0.4 is 5.43 Å². The highest BCUT2D eigenvalue weighted by atomic mass is 127. The fourth-order valence-corrected chi connectivity index (χ4v) is 3.10. The maximum absolute atomic E-state index is 12.1. The van der Waals surface area contributed by atoms with E-state index in [0.717, 1.165) is 19.7 Å². The molecule has 0 fully saturated rings. The Morgan fingerprint density at radius 1 is 1.17 bits per heavy atom. The highest BCUT2D eigenvalue weighted by molar-refractivity contribution is 14.1. The quantitative estimate of drug-likeness (QED) is 0.298. The Hall–Kier alpha value is -1.05. The van der Waals surface area contributed by atoms with Crippen molar-refractivity contribution in [3.05, 3.63) is 62.7 Å². The molecule has 0 aromatic heterocycles. The van der Waals surface area contributed by atoms with E-state index < -0.39 is 0 Å². The zero-order valence-corrected chi connectivity index (χ0v) is 16.4. The molecular formula is C17H16ClIN2OS. The topological polar surface area (TPSA) is 41.5 Å². The van der Waals surface area contributed by atoms with E-state index in [4.69, 9.17) is 11.6 Å². The van der Waals surface area contributed by atoms with Crippen molar-refractivity contribution in [2.45, 2.75) is 24.0 Å². The van der Waals surface area contributed by atoms with Gasteiger partial charge < -0.3 is 0 Å². The van der Waals surface area contributed by atoms with Gasteiger partial charge in [0, 0.05) is 13.5 Å². The third kappa shape index (κ3) is 5.82. The lowest BCUT2D eigenvalue weighted by atomic mass is 10.1. The molecule has 23 heavy (non-hydrogen) atoms. The van der Waals surface area contributed by atoms with E-state index in [9.17, 15) is 4.79 Å². The second-order valence-electron chi connectivity index (χ2n) is 4.89. The third-order valence-corrected chi connectivity index (χ3v) is 5.17. The molecule has 0 saturated carbocycles. The first-order valence-corrected chi connectivity index (χ1v) is 9.31. The summed E-state index contributed by atoms with van der Waals surface area (Å²) in [5.41, 5.74) is 4.39. The van der Waals surface area contributed by atoms with Gasteiger partial charge in [-0.25, -0.2) is 5.43 Å². The Kier molecular flexibility index (Phi) is 6.92. The summed E-state index contributed by atoms with van der Waals surface area (Å²) in [4.78, 5) is 13.1. The van der Waals surface area contributed by atoms with Crippen LogP contribution in [0, 0.1) is 3.57 Å². The van der Waals surface area contributed by atoms with Gasteiger partial charge in [-0.1, -0.05) is 23.7 Å². The number of rotatable bonds is 5. The van der Waals surface area contributed by atoms with Gasteiger partial charge >= 0.3 is 0 Å². The van der Waals surface area contributed by atoms with Gasteiger partial charge in [0.1, 0.15) is 0 Å². The van der Waals surface area contributed by atoms with E-state index in [-0.39, 0.29) is 11.2 Å². The molecule has 0 aliphatic rings. The summed E-state index contributed by atoms with van der Waals surface area (Å²) in [6, 6.07) is 15.4. The molecule has 6 heteroatoms. The van der Waals surface area contributed by atoms with Crippen molar-refractivity contribution in [3.63, 3.8) is 0 Å². The SMILES string of the molecule is C/C(=N/NC(=O)[C@@H](C)Sc1ccc(Cl)cc1)c1ccc(I)cc1. The molecule has 0 aliphatic carbocycles. The van der Waals surface area contributed by atoms with E-state index in [1.807, 2.05) is 62.4 Å². The van der Waals surface area contributed by atoms with Crippen LogP contribution in [0.4, 0.5) is 0 Å². The van der Waals surface area contributed by atoms with Gasteiger partial charge in [0.2, 0.25) is 0 Å². The summed E-state index contributed by atoms with van der Waals surface area (Å²) in [5, 5.41) is 4.62. The highest BCUT2D eigenvalue weighted by Gasteiger charge is 2.14. The van der Waals surface area contributed by atoms with Crippen LogP contribution in [-0.4, -0.2) is 16.9 Å². The lowest BCUT2D eigenvalue weighted by Gasteiger charge is -2.10. The van der Waals surface area contributed by atoms with E-state index in [1.165, 1.54) is 11.8 Å². The van der Waals surface area contributed by atoms with Gasteiger partial charge in [0.05, 0.1) is 11.0 Å². The fraction of sp³-hybridized carbons (Fsp3) is 0.176. The molecule has 1 amide bonds. The number of nitrogens with zero attached hydrogens (tertiary/aromatic N) is 1. The average molecular weight is 459 g/mol. The van der Waals surface area contributed by atoms with Gasteiger partial charge in [-0.3, -0.25) is 4.79 Å². The number of carbonyl (C=O) groups is 1. The molecule has 3 nitrogen and oxygen atoms in total. The van der Waals surface area contributed by atoms with Crippen molar-refractivity contribution >= 4 is 57.6 Å². The first-order valence-electron chi connectivity index (χ1n) is 6.98. The molecule has 1 N–H and O–H groups in total. The molecular weight excluding hydrogens is 443 g/mol. The van der Waals surface area contributed by atoms with Crippen LogP contribution >= 0.6 is 46.0 Å². The van der Waals surface area contributed by atoms with E-state index in [1.54, 1.807) is 0 Å². The molecule has 0 unspecified atom stereocenters. The maximum atomic E-state index is 12.1. The summed E-state index contributed by atoms with van der Waals surface area (Å²) >= 11 is 9.58. The fourth-order valence-electron chi connectivity index (χ4n) is 1.76. The van der Waals surface area contributed by atoms with E-state index in [0.29, 0.717) is 5.02 Å². The number of carbonyl (C=O) groups excluding carboxylic acids is 1. The van der Waals surface area contributed by atoms with Gasteiger partial charge in [-0.15, -0.1) is 11.8 Å². The first-order chi connectivity index (χ1) is 11.0. The summed E-state index contributed by atoms with van der Waals surface area (Å²) in [6.45, 7) is 3.73. The van der Waals surface area contributed by atoms with Crippen LogP contribution in [0.25, 0.3) is 0 Å². The molecule has 2 rings (SSSR count). The Morgan fingerprint density at radius 2 is 1.78 bits per heavy atom. The van der Waals surface area contributed by atoms with Gasteiger partial charge in [-0.2, -0.15) is 5.10 Å². The molecule has 0 spiro atoms. The predicted molar refractivity (Wildman–Crippen MR) is 106 cm³/mol. The smallest absolute Gasteiger partial charge is 0.253 e. The standard InChI is InChI=1S/C17H16ClIN2OS/c1-11(13-3-7-15(19)8-4-13)20-21-17(22)12(2)23-16-9-5-14(18)6-10-16/h3-10,12H,1-2H3,(H,21,22)/b20-11-/t12-/m1/s1. The van der Waals surface area contributed by atoms with Crippen molar-refractivity contribution < 1.29 is 4.79 Å². The molecule has 0 aliphatic heterocycles. The van der Waals surface area contributed by atoms with Crippen LogP contribution in [0.2, 0.25) is 5.02 Å². The Balaban J connectivity index is 1.93. The van der Waals surface area contributed by atoms with Crippen LogP contribution in [0.1, 0.15) is 19.4 Å². The van der Waals surface area contributed by atoms with Crippen LogP contribution in [0.3, 0.4) is 0 Å². The molecule has 2 aromatic rings. The molecule has 0 bridgehead atoms. The van der Waals surface area contributed by atoms with E-state index in [2.05, 4.69) is 33.1 Å². The predicted octanol–water partition coefficient (Wildman–Crippen LogP) is 4.97. The number of thioether (sulfide) groups is 1. The van der Waals surface area contributed by atoms with Crippen molar-refractivity contribution in [1.82, 2.24) is 5.43 Å². The summed E-state index contributed by atoms with van der Waals surface area (Å²) in [7, 11) is 0. The molecule has 120 valence electrons. The average Bonchev–Trinajstić information content (AvgIpc) is 2.55. The minimum Gasteiger partial charge on any atom is -0.272 e. The zero-order valence-electron chi connectivity index (χ0n) is 12.7. The maximum Gasteiger partial charge on any atom is 0.253 e. The van der Waals surface area contributed by atoms with E-state index >= 15 is 0 Å². The first kappa shape index (κ1) is 18.3. The second kappa shape index (κ2) is 8.70. The zero-order chi connectivity index (χ0) is 16.8. The van der Waals surface area contributed by atoms with Gasteiger partial charge in [0.15, 0.2) is 0 Å². The lowest BCUT2D eigenvalue weighted by Crippen LogP contribution is -2.27. The molecule has 0 heterocycles. The van der Waals surface area contributed by atoms with Crippen molar-refractivity contribution in [2.24, 2.45) is 5.10 Å². The van der Waals surface area contributed by atoms with Crippen LogP contribution in [0.15, 0.2) is 58.5 Å². The molecule has 0 radical (unpaired) electrons. The summed E-state index contributed by atoms with van der Waals surface area (Å²) in [6.07, 6.45) is 0. The van der Waals surface area contributed by atoms with Gasteiger partial charge in [0.25, 0.3) is 5.91 Å². The number of hydrogen-bond donors (Lipinski definition) is 1. The number of nitrogens with one attached hydrogen (secondary N) is 1. The van der Waals surface area contributed by atoms with Gasteiger partial charge in [-0.05, 0) is 78.4 Å². The monoisotopic (exact) mass is 458 g/mol. The molecule has 0 saturated heterocycles. The molecule has 1 atom stereocenters. The normalized spacial score (nSPS) is 12.8. The largest absolute Gasteiger partial charge is 0.272 e. The van der Waals surface area contributed by atoms with Crippen molar-refractivity contribution in [2.75, 3.05) is 0 Å². The van der Waals surface area contributed by atoms with Crippen molar-refractivity contribution in [1.29, 1.82) is 0 Å². The Morgan fingerprint density at radius 3 is 2.39 bits per heavy atom. The van der Waals surface area contributed by atoms with Crippen molar-refractivity contribution in [3.8, 4) is 0 Å². The minimum absolute atomic E-state index is 0.130. The summed E-state index contributed by atoms with van der Waals surface area (Å²) < 4.78 is 1.16. The number of halogens is 2. The Bertz CT molecular complexity index is 702. The number of hydrogen-bond acceptors (Lipinski definition) is 3. The number of benzene rings is 2. The third-order valence-electron chi connectivity index (χ3n) is 3.09. The minimum atomic E-state index is -0.246. The number of hydrazone groups is 1.